The van der Waals surface area contributed by atoms with E-state index in [2.05, 4.69) is 30.1 Å². The van der Waals surface area contributed by atoms with Crippen LogP contribution < -0.4 is 0 Å². The Morgan fingerprint density at radius 1 is 1.27 bits per heavy atom. The molecule has 0 radical (unpaired) electrons. The number of hydrogen-bond donors (Lipinski definition) is 1. The minimum Gasteiger partial charge on any atom is -0.358 e. The Kier molecular flexibility index (Phi) is 2.86. The van der Waals surface area contributed by atoms with Crippen LogP contribution in [0.15, 0.2) is 36.5 Å². The maximum atomic E-state index is 12.7. The summed E-state index contributed by atoms with van der Waals surface area (Å²) in [6, 6.07) is 10.3. The minimum atomic E-state index is 0.111. The van der Waals surface area contributed by atoms with E-state index in [0.29, 0.717) is 6.54 Å². The van der Waals surface area contributed by atoms with E-state index in [4.69, 9.17) is 0 Å². The summed E-state index contributed by atoms with van der Waals surface area (Å²) in [6.07, 6.45) is 2.80. The second-order valence-electron chi connectivity index (χ2n) is 6.11. The molecule has 22 heavy (non-hydrogen) atoms. The quantitative estimate of drug-likeness (QED) is 0.736. The Morgan fingerprint density at radius 3 is 2.91 bits per heavy atom. The van der Waals surface area contributed by atoms with E-state index in [9.17, 15) is 4.79 Å². The predicted molar refractivity (Wildman–Crippen MR) is 86.9 cm³/mol. The van der Waals surface area contributed by atoms with Crippen molar-refractivity contribution >= 4 is 16.8 Å². The van der Waals surface area contributed by atoms with Crippen LogP contribution in [0.4, 0.5) is 0 Å². The highest BCUT2D eigenvalue weighted by Gasteiger charge is 2.25. The smallest absolute Gasteiger partial charge is 0.270 e. The van der Waals surface area contributed by atoms with Crippen molar-refractivity contribution in [1.29, 1.82) is 0 Å². The summed E-state index contributed by atoms with van der Waals surface area (Å²) >= 11 is 0. The normalized spacial score (nSPS) is 14.4. The van der Waals surface area contributed by atoms with Gasteiger partial charge >= 0.3 is 0 Å². The molecule has 2 aromatic heterocycles. The largest absolute Gasteiger partial charge is 0.358 e. The first kappa shape index (κ1) is 13.2. The summed E-state index contributed by atoms with van der Waals surface area (Å²) in [4.78, 5) is 18.2. The SMILES string of the molecule is Cc1ccc2[nH]c3c(c2c1)CN(C(=O)c1cccn1C)CC3. The summed E-state index contributed by atoms with van der Waals surface area (Å²) in [7, 11) is 1.91. The molecule has 4 nitrogen and oxygen atoms in total. The van der Waals surface area contributed by atoms with Crippen LogP contribution in [0.2, 0.25) is 0 Å². The summed E-state index contributed by atoms with van der Waals surface area (Å²) in [5.74, 6) is 0.111. The molecule has 0 saturated heterocycles. The first-order chi connectivity index (χ1) is 10.6. The number of carbonyl (C=O) groups excluding carboxylic acids is 1. The maximum absolute atomic E-state index is 12.7. The number of aromatic amines is 1. The molecule has 1 aliphatic heterocycles. The van der Waals surface area contributed by atoms with Gasteiger partial charge in [0, 0.05) is 54.9 Å². The number of H-pyrrole nitrogens is 1. The monoisotopic (exact) mass is 293 g/mol. The second kappa shape index (κ2) is 4.77. The lowest BCUT2D eigenvalue weighted by Crippen LogP contribution is -2.36. The molecule has 3 aromatic rings. The molecule has 0 aliphatic carbocycles. The molecule has 0 bridgehead atoms. The lowest BCUT2D eigenvalue weighted by molar-refractivity contribution is 0.0725. The fourth-order valence-electron chi connectivity index (χ4n) is 3.35. The Bertz CT molecular complexity index is 872. The van der Waals surface area contributed by atoms with E-state index < -0.39 is 0 Å². The van der Waals surface area contributed by atoms with E-state index in [1.807, 2.05) is 34.8 Å². The molecule has 4 rings (SSSR count). The molecule has 4 heteroatoms. The topological polar surface area (TPSA) is 41.0 Å². The van der Waals surface area contributed by atoms with Gasteiger partial charge in [-0.15, -0.1) is 0 Å². The average Bonchev–Trinajstić information content (AvgIpc) is 3.09. The van der Waals surface area contributed by atoms with Crippen molar-refractivity contribution in [3.63, 3.8) is 0 Å². The van der Waals surface area contributed by atoms with Crippen molar-refractivity contribution in [2.24, 2.45) is 7.05 Å². The Balaban J connectivity index is 1.72. The van der Waals surface area contributed by atoms with Crippen molar-refractivity contribution < 1.29 is 4.79 Å². The summed E-state index contributed by atoms with van der Waals surface area (Å²) < 4.78 is 1.89. The molecule has 0 fully saturated rings. The van der Waals surface area contributed by atoms with Gasteiger partial charge in [0.05, 0.1) is 0 Å². The Hall–Kier alpha value is -2.49. The number of fused-ring (bicyclic) bond motifs is 3. The van der Waals surface area contributed by atoms with E-state index in [-0.39, 0.29) is 5.91 Å². The van der Waals surface area contributed by atoms with Gasteiger partial charge in [-0.25, -0.2) is 0 Å². The van der Waals surface area contributed by atoms with E-state index in [1.165, 1.54) is 27.7 Å². The third kappa shape index (κ3) is 1.95. The molecule has 0 spiro atoms. The van der Waals surface area contributed by atoms with E-state index in [1.54, 1.807) is 0 Å². The van der Waals surface area contributed by atoms with Crippen molar-refractivity contribution in [3.8, 4) is 0 Å². The van der Waals surface area contributed by atoms with Crippen molar-refractivity contribution in [2.45, 2.75) is 19.9 Å². The van der Waals surface area contributed by atoms with Gasteiger partial charge in [-0.2, -0.15) is 0 Å². The Labute approximate surface area is 129 Å². The lowest BCUT2D eigenvalue weighted by Gasteiger charge is -2.27. The maximum Gasteiger partial charge on any atom is 0.270 e. The summed E-state index contributed by atoms with van der Waals surface area (Å²) in [5, 5.41) is 1.25. The minimum absolute atomic E-state index is 0.111. The third-order valence-electron chi connectivity index (χ3n) is 4.58. The first-order valence-corrected chi connectivity index (χ1v) is 7.64. The van der Waals surface area contributed by atoms with Gasteiger partial charge in [0.25, 0.3) is 5.91 Å². The van der Waals surface area contributed by atoms with Crippen LogP contribution in [0.5, 0.6) is 0 Å². The number of carbonyl (C=O) groups is 1. The number of aryl methyl sites for hydroxylation is 2. The molecule has 1 N–H and O–H groups in total. The molecule has 1 aliphatic rings. The number of amides is 1. The standard InChI is InChI=1S/C18H19N3O/c1-12-5-6-15-13(10-12)14-11-21(9-7-16(14)19-15)18(22)17-4-3-8-20(17)2/h3-6,8,10,19H,7,9,11H2,1-2H3. The number of benzene rings is 1. The first-order valence-electron chi connectivity index (χ1n) is 7.64. The van der Waals surface area contributed by atoms with Gasteiger partial charge in [0.1, 0.15) is 5.69 Å². The molecule has 0 unspecified atom stereocenters. The zero-order chi connectivity index (χ0) is 15.3. The highest BCUT2D eigenvalue weighted by molar-refractivity contribution is 5.94. The fourth-order valence-corrected chi connectivity index (χ4v) is 3.35. The van der Waals surface area contributed by atoms with Gasteiger partial charge in [-0.3, -0.25) is 4.79 Å². The molecule has 0 saturated carbocycles. The second-order valence-corrected chi connectivity index (χ2v) is 6.11. The third-order valence-corrected chi connectivity index (χ3v) is 4.58. The van der Waals surface area contributed by atoms with Gasteiger partial charge in [-0.05, 0) is 31.2 Å². The fraction of sp³-hybridized carbons (Fsp3) is 0.278. The van der Waals surface area contributed by atoms with Crippen molar-refractivity contribution in [1.82, 2.24) is 14.5 Å². The van der Waals surface area contributed by atoms with Crippen LogP contribution in [0.25, 0.3) is 10.9 Å². The molecule has 1 aromatic carbocycles. The number of aromatic nitrogens is 2. The average molecular weight is 293 g/mol. The molecule has 0 atom stereocenters. The van der Waals surface area contributed by atoms with E-state index >= 15 is 0 Å². The van der Waals surface area contributed by atoms with Crippen molar-refractivity contribution in [2.75, 3.05) is 6.54 Å². The van der Waals surface area contributed by atoms with Gasteiger partial charge in [0.15, 0.2) is 0 Å². The molecule has 3 heterocycles. The molecule has 1 amide bonds. The van der Waals surface area contributed by atoms with E-state index in [0.717, 1.165) is 18.7 Å². The molecular formula is C18H19N3O. The van der Waals surface area contributed by atoms with Gasteiger partial charge < -0.3 is 14.5 Å². The van der Waals surface area contributed by atoms with Crippen LogP contribution in [-0.2, 0) is 20.0 Å². The number of hydrogen-bond acceptors (Lipinski definition) is 1. The highest BCUT2D eigenvalue weighted by Crippen LogP contribution is 2.29. The summed E-state index contributed by atoms with van der Waals surface area (Å²) in [5.41, 5.74) is 5.72. The van der Waals surface area contributed by atoms with Crippen LogP contribution >= 0.6 is 0 Å². The molecular weight excluding hydrogens is 274 g/mol. The number of rotatable bonds is 1. The zero-order valence-electron chi connectivity index (χ0n) is 12.9. The zero-order valence-corrected chi connectivity index (χ0v) is 12.9. The van der Waals surface area contributed by atoms with Crippen LogP contribution in [0.1, 0.15) is 27.3 Å². The molecule has 112 valence electrons. The summed E-state index contributed by atoms with van der Waals surface area (Å²) in [6.45, 7) is 3.56. The van der Waals surface area contributed by atoms with Gasteiger partial charge in [-0.1, -0.05) is 11.6 Å². The van der Waals surface area contributed by atoms with Crippen LogP contribution in [0, 0.1) is 6.92 Å². The number of nitrogens with zero attached hydrogens (tertiary/aromatic N) is 2. The van der Waals surface area contributed by atoms with Crippen LogP contribution in [-0.4, -0.2) is 26.9 Å². The van der Waals surface area contributed by atoms with Crippen molar-refractivity contribution in [3.05, 3.63) is 59.0 Å². The van der Waals surface area contributed by atoms with Crippen LogP contribution in [0.3, 0.4) is 0 Å². The van der Waals surface area contributed by atoms with Gasteiger partial charge in [0.2, 0.25) is 0 Å². The highest BCUT2D eigenvalue weighted by atomic mass is 16.2. The number of nitrogens with one attached hydrogen (secondary N) is 1. The lowest BCUT2D eigenvalue weighted by atomic mass is 10.0. The Morgan fingerprint density at radius 2 is 2.14 bits per heavy atom. The predicted octanol–water partition coefficient (Wildman–Crippen LogP) is 3.01.